The largest absolute Gasteiger partial charge is 0.287 e. The van der Waals surface area contributed by atoms with Gasteiger partial charge in [0.2, 0.25) is 0 Å². The fourth-order valence-electron chi connectivity index (χ4n) is 5.07. The third-order valence-electron chi connectivity index (χ3n) is 5.86. The first-order valence-corrected chi connectivity index (χ1v) is 10.5. The van der Waals surface area contributed by atoms with Crippen LogP contribution in [0.25, 0.3) is 0 Å². The Morgan fingerprint density at radius 1 is 1.00 bits per heavy atom. The van der Waals surface area contributed by atoms with Gasteiger partial charge in [-0.05, 0) is 37.5 Å². The number of fused-ring (bicyclic) bond motifs is 3. The van der Waals surface area contributed by atoms with E-state index in [1.165, 1.54) is 67.4 Å². The van der Waals surface area contributed by atoms with Crippen LogP contribution in [0.1, 0.15) is 51.4 Å². The first-order valence-electron chi connectivity index (χ1n) is 8.49. The number of hydrogen-bond acceptors (Lipinski definition) is 4. The molecule has 4 heteroatoms. The number of nitrogens with zero attached hydrogens (tertiary/aromatic N) is 2. The van der Waals surface area contributed by atoms with Gasteiger partial charge in [0.1, 0.15) is 4.38 Å². The Bertz CT molecular complexity index is 363. The van der Waals surface area contributed by atoms with Crippen molar-refractivity contribution < 1.29 is 0 Å². The normalized spacial score (nSPS) is 41.3. The average molecular weight is 311 g/mol. The van der Waals surface area contributed by atoms with Gasteiger partial charge in [-0.3, -0.25) is 9.89 Å². The zero-order valence-corrected chi connectivity index (χ0v) is 13.9. The van der Waals surface area contributed by atoms with Crippen molar-refractivity contribution in [3.05, 3.63) is 0 Å². The monoisotopic (exact) mass is 310 g/mol. The number of likely N-dealkylation sites (tertiary alicyclic amines) is 1. The smallest absolute Gasteiger partial charge is 0.125 e. The van der Waals surface area contributed by atoms with Crippen LogP contribution in [-0.4, -0.2) is 39.5 Å². The van der Waals surface area contributed by atoms with Gasteiger partial charge in [-0.25, -0.2) is 0 Å². The first-order chi connectivity index (χ1) is 9.93. The first kappa shape index (κ1) is 14.0. The lowest BCUT2D eigenvalue weighted by Gasteiger charge is -2.33. The van der Waals surface area contributed by atoms with Crippen molar-refractivity contribution in [2.45, 2.75) is 63.5 Å². The van der Waals surface area contributed by atoms with E-state index in [2.05, 4.69) is 9.89 Å². The van der Waals surface area contributed by atoms with Crippen molar-refractivity contribution >= 4 is 27.9 Å². The van der Waals surface area contributed by atoms with Crippen LogP contribution in [0.15, 0.2) is 4.99 Å². The maximum absolute atomic E-state index is 4.62. The average Bonchev–Trinajstić information content (AvgIpc) is 3.11. The molecule has 4 atom stereocenters. The Balaban J connectivity index is 1.47. The van der Waals surface area contributed by atoms with Gasteiger partial charge in [0.25, 0.3) is 0 Å². The van der Waals surface area contributed by atoms with Crippen molar-refractivity contribution in [2.24, 2.45) is 16.8 Å². The lowest BCUT2D eigenvalue weighted by Crippen LogP contribution is -2.39. The van der Waals surface area contributed by atoms with E-state index in [-0.39, 0.29) is 0 Å². The highest BCUT2D eigenvalue weighted by Gasteiger charge is 2.49. The molecule has 0 spiro atoms. The molecule has 0 aromatic heterocycles. The van der Waals surface area contributed by atoms with E-state index in [4.69, 9.17) is 0 Å². The van der Waals surface area contributed by atoms with E-state index in [0.29, 0.717) is 0 Å². The van der Waals surface area contributed by atoms with Crippen molar-refractivity contribution in [3.8, 4) is 0 Å². The van der Waals surface area contributed by atoms with Crippen LogP contribution in [0.4, 0.5) is 0 Å². The van der Waals surface area contributed by atoms with E-state index in [0.717, 1.165) is 30.5 Å². The van der Waals surface area contributed by atoms with Gasteiger partial charge in [-0.1, -0.05) is 49.2 Å². The van der Waals surface area contributed by atoms with E-state index in [1.807, 2.05) is 23.5 Å². The molecule has 0 N–H and O–H groups in total. The molecule has 4 aliphatic rings. The van der Waals surface area contributed by atoms with Gasteiger partial charge in [-0.15, -0.1) is 0 Å². The minimum atomic E-state index is 0.913. The summed E-state index contributed by atoms with van der Waals surface area (Å²) in [6, 6.07) is 1.83. The van der Waals surface area contributed by atoms with Crippen LogP contribution in [-0.2, 0) is 0 Å². The molecule has 4 rings (SSSR count). The second-order valence-electron chi connectivity index (χ2n) is 6.82. The predicted octanol–water partition coefficient (Wildman–Crippen LogP) is 4.21. The summed E-state index contributed by atoms with van der Waals surface area (Å²) in [6.45, 7) is 1.05. The Kier molecular flexibility index (Phi) is 4.34. The van der Waals surface area contributed by atoms with Gasteiger partial charge in [0.05, 0.1) is 12.4 Å². The van der Waals surface area contributed by atoms with Crippen molar-refractivity contribution in [3.63, 3.8) is 0 Å². The highest BCUT2D eigenvalue weighted by atomic mass is 32.2. The third kappa shape index (κ3) is 2.56. The van der Waals surface area contributed by atoms with Gasteiger partial charge >= 0.3 is 0 Å². The maximum atomic E-state index is 4.62. The third-order valence-corrected chi connectivity index (χ3v) is 8.13. The van der Waals surface area contributed by atoms with Crippen LogP contribution in [0.5, 0.6) is 0 Å². The summed E-state index contributed by atoms with van der Waals surface area (Å²) in [4.78, 5) is 7.54. The molecule has 112 valence electrons. The summed E-state index contributed by atoms with van der Waals surface area (Å²) < 4.78 is 1.36. The summed E-state index contributed by atoms with van der Waals surface area (Å²) in [5, 5.41) is 0. The SMILES string of the molecule is C1CCC2C(C1)C1CCCCC1N2CSC1=NCCS1. The van der Waals surface area contributed by atoms with E-state index in [9.17, 15) is 0 Å². The fraction of sp³-hybridized carbons (Fsp3) is 0.938. The minimum absolute atomic E-state index is 0.913. The zero-order chi connectivity index (χ0) is 13.4. The van der Waals surface area contributed by atoms with Gasteiger partial charge in [0.15, 0.2) is 0 Å². The van der Waals surface area contributed by atoms with E-state index in [1.54, 1.807) is 0 Å². The second kappa shape index (κ2) is 6.21. The zero-order valence-electron chi connectivity index (χ0n) is 12.3. The second-order valence-corrected chi connectivity index (χ2v) is 9.09. The molecule has 0 aromatic rings. The number of rotatable bonds is 2. The highest BCUT2D eigenvalue weighted by Crippen LogP contribution is 2.49. The molecule has 0 radical (unpaired) electrons. The number of thioether (sulfide) groups is 2. The Labute approximate surface area is 131 Å². The van der Waals surface area contributed by atoms with Gasteiger partial charge in [-0.2, -0.15) is 0 Å². The molecule has 0 aromatic carbocycles. The molecule has 2 aliphatic heterocycles. The fourth-order valence-corrected chi connectivity index (χ4v) is 7.18. The van der Waals surface area contributed by atoms with Crippen LogP contribution >= 0.6 is 23.5 Å². The van der Waals surface area contributed by atoms with Crippen molar-refractivity contribution in [1.82, 2.24) is 4.90 Å². The summed E-state index contributed by atoms with van der Waals surface area (Å²) in [7, 11) is 0. The quantitative estimate of drug-likeness (QED) is 0.759. The van der Waals surface area contributed by atoms with Crippen LogP contribution in [0.3, 0.4) is 0 Å². The summed E-state index contributed by atoms with van der Waals surface area (Å²) >= 11 is 4.00. The number of aliphatic imine (C=N–C) groups is 1. The lowest BCUT2D eigenvalue weighted by atomic mass is 9.73. The van der Waals surface area contributed by atoms with Crippen molar-refractivity contribution in [1.29, 1.82) is 0 Å². The lowest BCUT2D eigenvalue weighted by molar-refractivity contribution is 0.167. The molecule has 0 amide bonds. The van der Waals surface area contributed by atoms with Gasteiger partial charge in [0, 0.05) is 17.8 Å². The summed E-state index contributed by atoms with van der Waals surface area (Å²) in [5.74, 6) is 4.50. The van der Waals surface area contributed by atoms with Crippen molar-refractivity contribution in [2.75, 3.05) is 18.2 Å². The molecule has 2 aliphatic carbocycles. The highest BCUT2D eigenvalue weighted by molar-refractivity contribution is 8.39. The molecule has 1 saturated heterocycles. The summed E-state index contributed by atoms with van der Waals surface area (Å²) in [6.07, 6.45) is 11.9. The van der Waals surface area contributed by atoms with E-state index < -0.39 is 0 Å². The Morgan fingerprint density at radius 3 is 2.25 bits per heavy atom. The van der Waals surface area contributed by atoms with Crippen LogP contribution in [0.2, 0.25) is 0 Å². The molecule has 2 saturated carbocycles. The minimum Gasteiger partial charge on any atom is -0.287 e. The molecular formula is C16H26N2S2. The molecule has 2 heterocycles. The molecule has 0 bridgehead atoms. The molecule has 3 fully saturated rings. The molecule has 2 nitrogen and oxygen atoms in total. The number of hydrogen-bond donors (Lipinski definition) is 0. The molecule has 4 unspecified atom stereocenters. The topological polar surface area (TPSA) is 15.6 Å². The predicted molar refractivity (Wildman–Crippen MR) is 90.5 cm³/mol. The van der Waals surface area contributed by atoms with Crippen LogP contribution in [0, 0.1) is 11.8 Å². The Morgan fingerprint density at radius 2 is 1.65 bits per heavy atom. The van der Waals surface area contributed by atoms with Crippen LogP contribution < -0.4 is 0 Å². The standard InChI is InChI=1S/C16H26N2S2/c1-3-7-14-12(5-1)13-6-2-4-8-15(13)18(14)11-20-16-17-9-10-19-16/h12-15H,1-11H2. The maximum Gasteiger partial charge on any atom is 0.125 e. The summed E-state index contributed by atoms with van der Waals surface area (Å²) in [5.41, 5.74) is 0. The molecular weight excluding hydrogens is 284 g/mol. The van der Waals surface area contributed by atoms with E-state index >= 15 is 0 Å². The van der Waals surface area contributed by atoms with Gasteiger partial charge < -0.3 is 0 Å². The molecule has 20 heavy (non-hydrogen) atoms. The Hall–Kier alpha value is 0.330.